The first-order valence-corrected chi connectivity index (χ1v) is 11.7. The number of esters is 1. The third kappa shape index (κ3) is 5.05. The van der Waals surface area contributed by atoms with Gasteiger partial charge in [0.25, 0.3) is 5.91 Å². The molecular formula is C27H25N3O3S. The van der Waals surface area contributed by atoms with Crippen LogP contribution >= 0.6 is 11.3 Å². The first-order chi connectivity index (χ1) is 16.3. The molecule has 0 atom stereocenters. The number of methoxy groups -OCH3 is 1. The maximum atomic E-state index is 13.1. The van der Waals surface area contributed by atoms with Crippen molar-refractivity contribution in [3.8, 4) is 22.5 Å². The standard InChI is InChI=1S/C27H25N3O3S/c1-27(2,3)20-12-10-17(11-13-20)23-21(9-6-14-28-23)24(31)30-26-29-22(16-34-26)18-7-5-8-19(15-18)25(32)33-4/h5-16H,1-4H3,(H,29,30,31). The van der Waals surface area contributed by atoms with E-state index in [-0.39, 0.29) is 11.3 Å². The number of hydrogen-bond acceptors (Lipinski definition) is 6. The van der Waals surface area contributed by atoms with E-state index < -0.39 is 5.97 Å². The van der Waals surface area contributed by atoms with Crippen LogP contribution in [0.25, 0.3) is 22.5 Å². The van der Waals surface area contributed by atoms with Gasteiger partial charge in [-0.05, 0) is 35.2 Å². The Morgan fingerprint density at radius 3 is 2.44 bits per heavy atom. The molecule has 0 aliphatic carbocycles. The highest BCUT2D eigenvalue weighted by molar-refractivity contribution is 7.14. The largest absolute Gasteiger partial charge is 0.465 e. The number of carbonyl (C=O) groups is 2. The van der Waals surface area contributed by atoms with Crippen LogP contribution in [0.4, 0.5) is 5.13 Å². The Kier molecular flexibility index (Phi) is 6.56. The maximum absolute atomic E-state index is 13.1. The number of aromatic nitrogens is 2. The molecule has 1 amide bonds. The number of rotatable bonds is 5. The summed E-state index contributed by atoms with van der Waals surface area (Å²) in [6, 6.07) is 18.7. The molecule has 34 heavy (non-hydrogen) atoms. The normalized spacial score (nSPS) is 11.2. The highest BCUT2D eigenvalue weighted by Gasteiger charge is 2.18. The second-order valence-electron chi connectivity index (χ2n) is 8.79. The predicted molar refractivity (Wildman–Crippen MR) is 135 cm³/mol. The molecular weight excluding hydrogens is 446 g/mol. The smallest absolute Gasteiger partial charge is 0.337 e. The molecule has 0 unspecified atom stereocenters. The van der Waals surface area contributed by atoms with Gasteiger partial charge in [-0.3, -0.25) is 15.1 Å². The van der Waals surface area contributed by atoms with E-state index in [0.29, 0.717) is 27.6 Å². The first-order valence-electron chi connectivity index (χ1n) is 10.8. The number of anilines is 1. The highest BCUT2D eigenvalue weighted by Crippen LogP contribution is 2.29. The molecule has 0 spiro atoms. The van der Waals surface area contributed by atoms with Crippen molar-refractivity contribution in [3.63, 3.8) is 0 Å². The Hall–Kier alpha value is -3.84. The minimum absolute atomic E-state index is 0.0434. The summed E-state index contributed by atoms with van der Waals surface area (Å²) in [5, 5.41) is 5.17. The summed E-state index contributed by atoms with van der Waals surface area (Å²) in [5.74, 6) is -0.697. The molecule has 0 aliphatic rings. The van der Waals surface area contributed by atoms with Gasteiger partial charge in [-0.2, -0.15) is 0 Å². The topological polar surface area (TPSA) is 81.2 Å². The zero-order valence-electron chi connectivity index (χ0n) is 19.5. The zero-order valence-corrected chi connectivity index (χ0v) is 20.3. The lowest BCUT2D eigenvalue weighted by atomic mass is 9.86. The molecule has 7 heteroatoms. The Morgan fingerprint density at radius 2 is 1.74 bits per heavy atom. The summed E-state index contributed by atoms with van der Waals surface area (Å²) in [5.41, 5.74) is 5.08. The van der Waals surface area contributed by atoms with Gasteiger partial charge in [-0.25, -0.2) is 9.78 Å². The van der Waals surface area contributed by atoms with Gasteiger partial charge < -0.3 is 4.74 Å². The second-order valence-corrected chi connectivity index (χ2v) is 9.65. The summed E-state index contributed by atoms with van der Waals surface area (Å²) in [6.45, 7) is 6.49. The van der Waals surface area contributed by atoms with Crippen molar-refractivity contribution in [3.05, 3.63) is 88.9 Å². The van der Waals surface area contributed by atoms with E-state index in [1.54, 1.807) is 36.5 Å². The van der Waals surface area contributed by atoms with Crippen LogP contribution in [0.2, 0.25) is 0 Å². The zero-order chi connectivity index (χ0) is 24.3. The molecule has 0 aliphatic heterocycles. The fourth-order valence-corrected chi connectivity index (χ4v) is 4.21. The fraction of sp³-hybridized carbons (Fsp3) is 0.185. The molecule has 1 N–H and O–H groups in total. The fourth-order valence-electron chi connectivity index (χ4n) is 3.50. The van der Waals surface area contributed by atoms with E-state index in [9.17, 15) is 9.59 Å². The average molecular weight is 472 g/mol. The predicted octanol–water partition coefficient (Wildman–Crippen LogP) is 6.21. The summed E-state index contributed by atoms with van der Waals surface area (Å²) in [6.07, 6.45) is 1.68. The Labute approximate surface area is 202 Å². The number of hydrogen-bond donors (Lipinski definition) is 1. The first kappa shape index (κ1) is 23.3. The molecule has 0 saturated heterocycles. The molecule has 0 fully saturated rings. The van der Waals surface area contributed by atoms with Crippen molar-refractivity contribution in [2.24, 2.45) is 0 Å². The van der Waals surface area contributed by atoms with Crippen LogP contribution in [0.1, 0.15) is 47.1 Å². The van der Waals surface area contributed by atoms with Crippen LogP contribution in [-0.4, -0.2) is 29.0 Å². The van der Waals surface area contributed by atoms with Crippen molar-refractivity contribution in [2.45, 2.75) is 26.2 Å². The number of benzene rings is 2. The third-order valence-corrected chi connectivity index (χ3v) is 6.14. The average Bonchev–Trinajstić information content (AvgIpc) is 3.31. The molecule has 2 aromatic carbocycles. The number of nitrogens with zero attached hydrogens (tertiary/aromatic N) is 2. The minimum atomic E-state index is -0.412. The van der Waals surface area contributed by atoms with Crippen LogP contribution in [-0.2, 0) is 10.2 Å². The van der Waals surface area contributed by atoms with Gasteiger partial charge in [0.2, 0.25) is 0 Å². The molecule has 0 bridgehead atoms. The number of amides is 1. The van der Waals surface area contributed by atoms with Crippen LogP contribution in [0, 0.1) is 0 Å². The summed E-state index contributed by atoms with van der Waals surface area (Å²) in [7, 11) is 1.34. The summed E-state index contributed by atoms with van der Waals surface area (Å²) >= 11 is 1.31. The molecule has 4 aromatic rings. The van der Waals surface area contributed by atoms with E-state index >= 15 is 0 Å². The van der Waals surface area contributed by atoms with E-state index in [1.807, 2.05) is 23.6 Å². The number of ether oxygens (including phenoxy) is 1. The van der Waals surface area contributed by atoms with Gasteiger partial charge in [0.1, 0.15) is 0 Å². The van der Waals surface area contributed by atoms with E-state index in [2.05, 4.69) is 48.2 Å². The molecule has 2 heterocycles. The molecule has 2 aromatic heterocycles. The van der Waals surface area contributed by atoms with Crippen molar-refractivity contribution in [1.82, 2.24) is 9.97 Å². The third-order valence-electron chi connectivity index (χ3n) is 5.38. The number of pyridine rings is 1. The Bertz CT molecular complexity index is 1340. The number of carbonyl (C=O) groups excluding carboxylic acids is 2. The lowest BCUT2D eigenvalue weighted by molar-refractivity contribution is 0.0600. The van der Waals surface area contributed by atoms with Gasteiger partial charge in [-0.1, -0.05) is 57.2 Å². The molecule has 0 radical (unpaired) electrons. The van der Waals surface area contributed by atoms with Crippen LogP contribution in [0.3, 0.4) is 0 Å². The SMILES string of the molecule is COC(=O)c1cccc(-c2csc(NC(=O)c3cccnc3-c3ccc(C(C)(C)C)cc3)n2)c1. The summed E-state index contributed by atoms with van der Waals surface area (Å²) < 4.78 is 4.78. The van der Waals surface area contributed by atoms with E-state index in [4.69, 9.17) is 4.74 Å². The van der Waals surface area contributed by atoms with Gasteiger partial charge in [-0.15, -0.1) is 11.3 Å². The molecule has 0 saturated carbocycles. The van der Waals surface area contributed by atoms with Crippen molar-refractivity contribution >= 4 is 28.3 Å². The molecule has 6 nitrogen and oxygen atoms in total. The minimum Gasteiger partial charge on any atom is -0.465 e. The molecule has 4 rings (SSSR count). The van der Waals surface area contributed by atoms with Crippen molar-refractivity contribution < 1.29 is 14.3 Å². The van der Waals surface area contributed by atoms with Gasteiger partial charge in [0.15, 0.2) is 5.13 Å². The lowest BCUT2D eigenvalue weighted by Gasteiger charge is -2.19. The Balaban J connectivity index is 1.56. The monoisotopic (exact) mass is 471 g/mol. The maximum Gasteiger partial charge on any atom is 0.337 e. The van der Waals surface area contributed by atoms with Crippen LogP contribution in [0.5, 0.6) is 0 Å². The van der Waals surface area contributed by atoms with Crippen molar-refractivity contribution in [2.75, 3.05) is 12.4 Å². The second kappa shape index (κ2) is 9.57. The van der Waals surface area contributed by atoms with E-state index in [0.717, 1.165) is 11.1 Å². The van der Waals surface area contributed by atoms with Gasteiger partial charge >= 0.3 is 5.97 Å². The van der Waals surface area contributed by atoms with Gasteiger partial charge in [0, 0.05) is 22.7 Å². The molecule has 172 valence electrons. The number of thiazole rings is 1. The van der Waals surface area contributed by atoms with Gasteiger partial charge in [0.05, 0.1) is 29.6 Å². The van der Waals surface area contributed by atoms with E-state index in [1.165, 1.54) is 24.0 Å². The quantitative estimate of drug-likeness (QED) is 0.350. The van der Waals surface area contributed by atoms with Crippen molar-refractivity contribution in [1.29, 1.82) is 0 Å². The lowest BCUT2D eigenvalue weighted by Crippen LogP contribution is -2.14. The Morgan fingerprint density at radius 1 is 0.971 bits per heavy atom. The van der Waals surface area contributed by atoms with Crippen LogP contribution < -0.4 is 5.32 Å². The highest BCUT2D eigenvalue weighted by atomic mass is 32.1. The number of nitrogens with one attached hydrogen (secondary N) is 1. The summed E-state index contributed by atoms with van der Waals surface area (Å²) in [4.78, 5) is 33.9. The van der Waals surface area contributed by atoms with Crippen LogP contribution in [0.15, 0.2) is 72.2 Å².